The highest BCUT2D eigenvalue weighted by molar-refractivity contribution is 5.72. The SMILES string of the molecule is CCCCCCCCCC(CCCCC)C(=O)OCCCCCCN(CCCCCCCOC(=O)C(CCCCCC)CCCCCCCC)CCCCn1ccnc1C. The molecule has 0 saturated carbocycles. The van der Waals surface area contributed by atoms with E-state index >= 15 is 0 Å². The van der Waals surface area contributed by atoms with E-state index in [0.717, 1.165) is 109 Å². The molecule has 0 aromatic carbocycles. The third kappa shape index (κ3) is 32.8. The third-order valence-corrected chi connectivity index (χ3v) is 12.8. The highest BCUT2D eigenvalue weighted by atomic mass is 16.5. The van der Waals surface area contributed by atoms with E-state index in [1.165, 1.54) is 148 Å². The van der Waals surface area contributed by atoms with Crippen molar-refractivity contribution >= 4 is 11.9 Å². The maximum Gasteiger partial charge on any atom is 0.308 e. The highest BCUT2D eigenvalue weighted by Crippen LogP contribution is 2.22. The van der Waals surface area contributed by atoms with E-state index < -0.39 is 0 Å². The quantitative estimate of drug-likeness (QED) is 0.0481. The van der Waals surface area contributed by atoms with E-state index in [0.29, 0.717) is 13.2 Å². The van der Waals surface area contributed by atoms with Gasteiger partial charge in [0.2, 0.25) is 0 Å². The average Bonchev–Trinajstić information content (AvgIpc) is 3.67. The van der Waals surface area contributed by atoms with Gasteiger partial charge in [-0.1, -0.05) is 188 Å². The first-order valence-electron chi connectivity index (χ1n) is 26.5. The largest absolute Gasteiger partial charge is 0.465 e. The van der Waals surface area contributed by atoms with Crippen molar-refractivity contribution in [3.63, 3.8) is 0 Å². The van der Waals surface area contributed by atoms with Crippen molar-refractivity contribution in [1.82, 2.24) is 14.5 Å². The Morgan fingerprint density at radius 3 is 1.23 bits per heavy atom. The lowest BCUT2D eigenvalue weighted by Crippen LogP contribution is -2.27. The van der Waals surface area contributed by atoms with Gasteiger partial charge < -0.3 is 18.9 Å². The molecule has 0 spiro atoms. The molecular weight excluding hydrogens is 743 g/mol. The minimum atomic E-state index is 0.0655. The second kappa shape index (κ2) is 42.4. The Balaban J connectivity index is 2.39. The zero-order chi connectivity index (χ0) is 43.6. The Bertz CT molecular complexity index is 1080. The molecule has 0 radical (unpaired) electrons. The number of hydrogen-bond donors (Lipinski definition) is 0. The maximum absolute atomic E-state index is 13.0. The topological polar surface area (TPSA) is 73.7 Å². The van der Waals surface area contributed by atoms with Crippen LogP contribution in [0.5, 0.6) is 0 Å². The van der Waals surface area contributed by atoms with Gasteiger partial charge in [0.25, 0.3) is 0 Å². The number of hydrogen-bond acceptors (Lipinski definition) is 6. The lowest BCUT2D eigenvalue weighted by atomic mass is 9.94. The minimum Gasteiger partial charge on any atom is -0.465 e. The number of aromatic nitrogens is 2. The van der Waals surface area contributed by atoms with Crippen molar-refractivity contribution in [3.8, 4) is 0 Å². The predicted octanol–water partition coefficient (Wildman–Crippen LogP) is 15.5. The van der Waals surface area contributed by atoms with Crippen LogP contribution in [0, 0.1) is 18.8 Å². The normalized spacial score (nSPS) is 12.6. The van der Waals surface area contributed by atoms with Crippen molar-refractivity contribution < 1.29 is 19.1 Å². The van der Waals surface area contributed by atoms with Gasteiger partial charge in [-0.3, -0.25) is 9.59 Å². The first kappa shape index (κ1) is 56.1. The monoisotopic (exact) mass is 844 g/mol. The number of imidazole rings is 1. The first-order valence-corrected chi connectivity index (χ1v) is 26.5. The van der Waals surface area contributed by atoms with Crippen LogP contribution in [0.4, 0.5) is 0 Å². The average molecular weight is 844 g/mol. The Labute approximate surface area is 373 Å². The molecule has 7 heteroatoms. The molecule has 7 nitrogen and oxygen atoms in total. The van der Waals surface area contributed by atoms with Gasteiger partial charge in [-0.15, -0.1) is 0 Å². The van der Waals surface area contributed by atoms with Gasteiger partial charge in [0, 0.05) is 18.9 Å². The Hall–Kier alpha value is -1.89. The second-order valence-corrected chi connectivity index (χ2v) is 18.4. The highest BCUT2D eigenvalue weighted by Gasteiger charge is 2.20. The standard InChI is InChI=1S/C53H101N3O4/c1-6-10-14-17-19-22-30-39-50(37-27-13-9-4)52(57)60-48-36-26-24-32-43-55(44-33-34-45-56-46-41-54-49(56)5)42-31-23-20-25-35-47-59-53(58)51(38-28-16-12-8-3)40-29-21-18-15-11-7-2/h41,46,50-51H,6-40,42-45,47-48H2,1-5H3. The summed E-state index contributed by atoms with van der Waals surface area (Å²) in [5, 5.41) is 0. The molecule has 60 heavy (non-hydrogen) atoms. The summed E-state index contributed by atoms with van der Waals surface area (Å²) >= 11 is 0. The molecule has 1 rings (SSSR count). The van der Waals surface area contributed by atoms with Crippen LogP contribution in [0.15, 0.2) is 12.4 Å². The van der Waals surface area contributed by atoms with Gasteiger partial charge in [0.1, 0.15) is 5.82 Å². The molecule has 2 atom stereocenters. The minimum absolute atomic E-state index is 0.0655. The van der Waals surface area contributed by atoms with Crippen LogP contribution >= 0.6 is 0 Å². The number of rotatable bonds is 46. The number of aryl methyl sites for hydroxylation is 2. The molecule has 352 valence electrons. The predicted molar refractivity (Wildman–Crippen MR) is 257 cm³/mol. The second-order valence-electron chi connectivity index (χ2n) is 18.4. The van der Waals surface area contributed by atoms with Crippen molar-refractivity contribution in [2.24, 2.45) is 11.8 Å². The summed E-state index contributed by atoms with van der Waals surface area (Å²) in [7, 11) is 0. The summed E-state index contributed by atoms with van der Waals surface area (Å²) in [5.41, 5.74) is 0. The summed E-state index contributed by atoms with van der Waals surface area (Å²) in [6.07, 6.45) is 45.8. The zero-order valence-corrected chi connectivity index (χ0v) is 40.8. The number of ether oxygens (including phenoxy) is 2. The Morgan fingerprint density at radius 1 is 0.483 bits per heavy atom. The fourth-order valence-corrected chi connectivity index (χ4v) is 8.67. The number of nitrogens with zero attached hydrogens (tertiary/aromatic N) is 3. The van der Waals surface area contributed by atoms with E-state index in [1.807, 2.05) is 6.20 Å². The summed E-state index contributed by atoms with van der Waals surface area (Å²) < 4.78 is 14.0. The third-order valence-electron chi connectivity index (χ3n) is 12.8. The molecule has 0 saturated heterocycles. The van der Waals surface area contributed by atoms with Gasteiger partial charge in [-0.25, -0.2) is 4.98 Å². The molecule has 0 aliphatic carbocycles. The maximum atomic E-state index is 13.0. The van der Waals surface area contributed by atoms with E-state index in [1.54, 1.807) is 0 Å². The van der Waals surface area contributed by atoms with E-state index in [9.17, 15) is 9.59 Å². The van der Waals surface area contributed by atoms with Gasteiger partial charge in [0.05, 0.1) is 25.0 Å². The van der Waals surface area contributed by atoms with Crippen LogP contribution in [-0.2, 0) is 25.6 Å². The van der Waals surface area contributed by atoms with Gasteiger partial charge >= 0.3 is 11.9 Å². The van der Waals surface area contributed by atoms with Crippen molar-refractivity contribution in [1.29, 1.82) is 0 Å². The van der Waals surface area contributed by atoms with E-state index in [4.69, 9.17) is 9.47 Å². The summed E-state index contributed by atoms with van der Waals surface area (Å²) in [6, 6.07) is 0. The van der Waals surface area contributed by atoms with Crippen molar-refractivity contribution in [2.45, 2.75) is 266 Å². The van der Waals surface area contributed by atoms with Crippen LogP contribution in [0.2, 0.25) is 0 Å². The van der Waals surface area contributed by atoms with Gasteiger partial charge in [-0.2, -0.15) is 0 Å². The number of esters is 2. The van der Waals surface area contributed by atoms with Crippen LogP contribution in [-0.4, -0.2) is 59.2 Å². The van der Waals surface area contributed by atoms with Crippen LogP contribution in [0.25, 0.3) is 0 Å². The molecule has 0 amide bonds. The molecule has 1 aromatic heterocycles. The van der Waals surface area contributed by atoms with Crippen LogP contribution in [0.3, 0.4) is 0 Å². The molecule has 1 aromatic rings. The Morgan fingerprint density at radius 2 is 0.817 bits per heavy atom. The molecule has 1 heterocycles. The number of unbranched alkanes of at least 4 members (excludes halogenated alkanes) is 24. The summed E-state index contributed by atoms with van der Waals surface area (Å²) in [4.78, 5) is 33.2. The molecule has 0 N–H and O–H groups in total. The van der Waals surface area contributed by atoms with Crippen molar-refractivity contribution in [2.75, 3.05) is 32.8 Å². The number of carbonyl (C=O) groups is 2. The Kier molecular flexibility index (Phi) is 39.7. The molecular formula is C53H101N3O4. The fourth-order valence-electron chi connectivity index (χ4n) is 8.67. The molecule has 0 bridgehead atoms. The van der Waals surface area contributed by atoms with Crippen molar-refractivity contribution in [3.05, 3.63) is 18.2 Å². The van der Waals surface area contributed by atoms with Crippen LogP contribution in [0.1, 0.15) is 258 Å². The smallest absolute Gasteiger partial charge is 0.308 e. The van der Waals surface area contributed by atoms with E-state index in [-0.39, 0.29) is 23.8 Å². The summed E-state index contributed by atoms with van der Waals surface area (Å²) in [6.45, 7) is 16.8. The van der Waals surface area contributed by atoms with Gasteiger partial charge in [0.15, 0.2) is 0 Å². The lowest BCUT2D eigenvalue weighted by molar-refractivity contribution is -0.150. The first-order chi connectivity index (χ1) is 29.5. The zero-order valence-electron chi connectivity index (χ0n) is 40.8. The molecule has 2 unspecified atom stereocenters. The molecule has 0 fully saturated rings. The number of carbonyl (C=O) groups excluding carboxylic acids is 2. The fraction of sp³-hybridized carbons (Fsp3) is 0.906. The van der Waals surface area contributed by atoms with Gasteiger partial charge in [-0.05, 0) is 90.8 Å². The lowest BCUT2D eigenvalue weighted by Gasteiger charge is -2.22. The van der Waals surface area contributed by atoms with E-state index in [2.05, 4.69) is 55.3 Å². The summed E-state index contributed by atoms with van der Waals surface area (Å²) in [5.74, 6) is 1.43. The molecule has 0 aliphatic heterocycles. The molecule has 0 aliphatic rings. The van der Waals surface area contributed by atoms with Crippen LogP contribution < -0.4 is 0 Å².